The van der Waals surface area contributed by atoms with E-state index in [1.165, 1.54) is 44.2 Å². The second kappa shape index (κ2) is 16.6. The van der Waals surface area contributed by atoms with Crippen LogP contribution in [0, 0.1) is 0 Å². The first-order valence-corrected chi connectivity index (χ1v) is 16.3. The summed E-state index contributed by atoms with van der Waals surface area (Å²) in [7, 11) is 3.00. The highest BCUT2D eigenvalue weighted by Gasteiger charge is 2.31. The van der Waals surface area contributed by atoms with Crippen molar-refractivity contribution in [2.24, 2.45) is 0 Å². The van der Waals surface area contributed by atoms with Crippen molar-refractivity contribution in [1.82, 2.24) is 5.32 Å². The number of benzene rings is 5. The van der Waals surface area contributed by atoms with Crippen LogP contribution in [0.1, 0.15) is 32.3 Å². The Hall–Kier alpha value is -6.01. The number of hydrogen-bond donors (Lipinski definition) is 3. The molecule has 0 saturated carbocycles. The lowest BCUT2D eigenvalue weighted by Gasteiger charge is -2.18. The molecule has 5 rings (SSSR count). The van der Waals surface area contributed by atoms with Crippen LogP contribution in [-0.2, 0) is 15.8 Å². The number of anilines is 2. The number of methoxy groups -OCH3 is 2. The van der Waals surface area contributed by atoms with Crippen molar-refractivity contribution >= 4 is 46.9 Å². The van der Waals surface area contributed by atoms with Gasteiger partial charge in [-0.1, -0.05) is 60.7 Å². The van der Waals surface area contributed by atoms with Crippen LogP contribution in [0.3, 0.4) is 0 Å². The van der Waals surface area contributed by atoms with Crippen LogP contribution < -0.4 is 25.4 Å². The Morgan fingerprint density at radius 2 is 1.37 bits per heavy atom. The molecule has 260 valence electrons. The standard InChI is InChI=1S/C39H32F3N3O5S/c1-49-33-21-16-25(23-34(33)50-2)22-32(45-36(46)27-12-7-4-8-13-27)37(47)43-29-17-19-31(20-18-29)51-35(26-10-5-3-6-11-26)38(48)44-30-15-9-14-28(24-30)39(40,41)42/h3-24,35H,1-2H3,(H,43,47)(H,44,48)(H,45,46)/b32-22-. The first kappa shape index (κ1) is 36.3. The maximum atomic E-state index is 13.6. The zero-order valence-corrected chi connectivity index (χ0v) is 28.2. The molecule has 8 nitrogen and oxygen atoms in total. The fourth-order valence-electron chi connectivity index (χ4n) is 4.88. The number of hydrogen-bond acceptors (Lipinski definition) is 6. The molecule has 0 aliphatic carbocycles. The Balaban J connectivity index is 1.35. The number of carbonyl (C=O) groups is 3. The van der Waals surface area contributed by atoms with E-state index in [9.17, 15) is 27.6 Å². The van der Waals surface area contributed by atoms with E-state index >= 15 is 0 Å². The van der Waals surface area contributed by atoms with Crippen molar-refractivity contribution in [2.75, 3.05) is 24.9 Å². The van der Waals surface area contributed by atoms with E-state index in [0.717, 1.165) is 12.1 Å². The Kier molecular flexibility index (Phi) is 11.8. The van der Waals surface area contributed by atoms with E-state index in [1.54, 1.807) is 103 Å². The summed E-state index contributed by atoms with van der Waals surface area (Å²) < 4.78 is 50.5. The van der Waals surface area contributed by atoms with Crippen molar-refractivity contribution in [3.05, 3.63) is 155 Å². The Morgan fingerprint density at radius 3 is 2.02 bits per heavy atom. The van der Waals surface area contributed by atoms with Gasteiger partial charge in [0.15, 0.2) is 11.5 Å². The first-order valence-electron chi connectivity index (χ1n) is 15.5. The van der Waals surface area contributed by atoms with Gasteiger partial charge in [0, 0.05) is 21.8 Å². The van der Waals surface area contributed by atoms with Crippen molar-refractivity contribution < 1.29 is 37.0 Å². The van der Waals surface area contributed by atoms with E-state index < -0.39 is 34.7 Å². The SMILES string of the molecule is COc1ccc(/C=C(\NC(=O)c2ccccc2)C(=O)Nc2ccc(SC(C(=O)Nc3cccc(C(F)(F)F)c3)c3ccccc3)cc2)cc1OC. The topological polar surface area (TPSA) is 106 Å². The van der Waals surface area contributed by atoms with Crippen molar-refractivity contribution in [3.63, 3.8) is 0 Å². The van der Waals surface area contributed by atoms with Crippen LogP contribution >= 0.6 is 11.8 Å². The minimum absolute atomic E-state index is 0.0192. The summed E-state index contributed by atoms with van der Waals surface area (Å²) in [5.74, 6) is -0.668. The number of thioether (sulfide) groups is 1. The highest BCUT2D eigenvalue weighted by molar-refractivity contribution is 8.00. The second-order valence-electron chi connectivity index (χ2n) is 10.9. The summed E-state index contributed by atoms with van der Waals surface area (Å²) in [4.78, 5) is 40.7. The van der Waals surface area contributed by atoms with Crippen LogP contribution in [0.4, 0.5) is 24.5 Å². The first-order chi connectivity index (χ1) is 24.5. The molecule has 0 saturated heterocycles. The van der Waals surface area contributed by atoms with Crippen LogP contribution in [0.25, 0.3) is 6.08 Å². The lowest BCUT2D eigenvalue weighted by atomic mass is 10.1. The average Bonchev–Trinajstić information content (AvgIpc) is 3.14. The average molecular weight is 712 g/mol. The van der Waals surface area contributed by atoms with Crippen molar-refractivity contribution in [1.29, 1.82) is 0 Å². The van der Waals surface area contributed by atoms with Gasteiger partial charge in [0.1, 0.15) is 10.9 Å². The molecule has 51 heavy (non-hydrogen) atoms. The van der Waals surface area contributed by atoms with Crippen molar-refractivity contribution in [3.8, 4) is 11.5 Å². The van der Waals surface area contributed by atoms with Gasteiger partial charge in [-0.25, -0.2) is 0 Å². The predicted octanol–water partition coefficient (Wildman–Crippen LogP) is 8.60. The van der Waals surface area contributed by atoms with Crippen LogP contribution in [0.2, 0.25) is 0 Å². The summed E-state index contributed by atoms with van der Waals surface area (Å²) >= 11 is 1.19. The van der Waals surface area contributed by atoms with E-state index in [0.29, 0.717) is 38.8 Å². The van der Waals surface area contributed by atoms with Crippen LogP contribution in [0.5, 0.6) is 11.5 Å². The molecule has 5 aromatic carbocycles. The van der Waals surface area contributed by atoms with E-state index in [-0.39, 0.29) is 11.4 Å². The summed E-state index contributed by atoms with van der Waals surface area (Å²) in [5, 5.41) is 7.29. The third kappa shape index (κ3) is 9.79. The van der Waals surface area contributed by atoms with Gasteiger partial charge in [0.25, 0.3) is 11.8 Å². The fraction of sp³-hybridized carbons (Fsp3) is 0.103. The molecule has 0 fully saturated rings. The quantitative estimate of drug-likeness (QED) is 0.0885. The number of nitrogens with one attached hydrogen (secondary N) is 3. The third-order valence-electron chi connectivity index (χ3n) is 7.41. The number of amides is 3. The molecular formula is C39H32F3N3O5S. The molecule has 1 atom stereocenters. The summed E-state index contributed by atoms with van der Waals surface area (Å²) in [6.07, 6.45) is -3.05. The number of carbonyl (C=O) groups excluding carboxylic acids is 3. The molecule has 0 aliphatic rings. The lowest BCUT2D eigenvalue weighted by molar-refractivity contribution is -0.137. The van der Waals surface area contributed by atoms with Crippen LogP contribution in [-0.4, -0.2) is 31.9 Å². The highest BCUT2D eigenvalue weighted by atomic mass is 32.2. The van der Waals surface area contributed by atoms with E-state index in [4.69, 9.17) is 9.47 Å². The summed E-state index contributed by atoms with van der Waals surface area (Å²) in [6, 6.07) is 33.5. The highest BCUT2D eigenvalue weighted by Crippen LogP contribution is 2.37. The van der Waals surface area contributed by atoms with Gasteiger partial charge in [-0.3, -0.25) is 14.4 Å². The third-order valence-corrected chi connectivity index (χ3v) is 8.68. The fourth-order valence-corrected chi connectivity index (χ4v) is 5.91. The van der Waals surface area contributed by atoms with Gasteiger partial charge in [0.05, 0.1) is 19.8 Å². The van der Waals surface area contributed by atoms with E-state index in [2.05, 4.69) is 16.0 Å². The molecule has 1 unspecified atom stereocenters. The summed E-state index contributed by atoms with van der Waals surface area (Å²) in [5.41, 5.74) is 1.08. The largest absolute Gasteiger partial charge is 0.493 e. The lowest BCUT2D eigenvalue weighted by Crippen LogP contribution is -2.30. The van der Waals surface area contributed by atoms with Crippen LogP contribution in [0.15, 0.2) is 138 Å². The maximum Gasteiger partial charge on any atom is 0.416 e. The van der Waals surface area contributed by atoms with Crippen molar-refractivity contribution in [2.45, 2.75) is 16.3 Å². The number of halogens is 3. The number of ether oxygens (including phenoxy) is 2. The molecule has 0 aliphatic heterocycles. The molecule has 0 radical (unpaired) electrons. The molecule has 0 bridgehead atoms. The molecule has 12 heteroatoms. The minimum atomic E-state index is -4.56. The van der Waals surface area contributed by atoms with Gasteiger partial charge < -0.3 is 25.4 Å². The maximum absolute atomic E-state index is 13.6. The number of rotatable bonds is 12. The molecule has 5 aromatic rings. The second-order valence-corrected chi connectivity index (χ2v) is 12.1. The molecule has 3 amide bonds. The van der Waals surface area contributed by atoms with E-state index in [1.807, 2.05) is 0 Å². The molecular weight excluding hydrogens is 680 g/mol. The van der Waals surface area contributed by atoms with Gasteiger partial charge in [-0.2, -0.15) is 13.2 Å². The normalized spacial score (nSPS) is 12.0. The zero-order chi connectivity index (χ0) is 36.4. The molecule has 0 spiro atoms. The molecule has 3 N–H and O–H groups in total. The van der Waals surface area contributed by atoms with Gasteiger partial charge in [-0.15, -0.1) is 11.8 Å². The Bertz CT molecular complexity index is 2020. The molecule has 0 aromatic heterocycles. The summed E-state index contributed by atoms with van der Waals surface area (Å²) in [6.45, 7) is 0. The monoisotopic (exact) mass is 711 g/mol. The van der Waals surface area contributed by atoms with Gasteiger partial charge in [-0.05, 0) is 83.9 Å². The zero-order valence-electron chi connectivity index (χ0n) is 27.4. The van der Waals surface area contributed by atoms with Gasteiger partial charge >= 0.3 is 6.18 Å². The molecule has 0 heterocycles. The Morgan fingerprint density at radius 1 is 0.706 bits per heavy atom. The van der Waals surface area contributed by atoms with Gasteiger partial charge in [0.2, 0.25) is 5.91 Å². The predicted molar refractivity (Wildman–Crippen MR) is 192 cm³/mol. The smallest absolute Gasteiger partial charge is 0.416 e. The number of alkyl halides is 3. The minimum Gasteiger partial charge on any atom is -0.493 e. The Labute approximate surface area is 296 Å².